The van der Waals surface area contributed by atoms with Gasteiger partial charge in [0, 0.05) is 6.04 Å². The van der Waals surface area contributed by atoms with Crippen molar-refractivity contribution in [3.05, 3.63) is 46.1 Å². The molecule has 6 nitrogen and oxygen atoms in total. The van der Waals surface area contributed by atoms with Gasteiger partial charge in [-0.3, -0.25) is 4.57 Å². The summed E-state index contributed by atoms with van der Waals surface area (Å²) in [6, 6.07) is 6.47. The molecule has 1 atom stereocenters. The van der Waals surface area contributed by atoms with Gasteiger partial charge in [0.2, 0.25) is 0 Å². The summed E-state index contributed by atoms with van der Waals surface area (Å²) in [4.78, 5) is 11.6. The normalized spacial score (nSPS) is 12.8. The molecule has 0 aliphatic carbocycles. The quantitative estimate of drug-likeness (QED) is 0.768. The van der Waals surface area contributed by atoms with Crippen LogP contribution in [0.25, 0.3) is 0 Å². The van der Waals surface area contributed by atoms with Gasteiger partial charge in [0.1, 0.15) is 5.75 Å². The van der Waals surface area contributed by atoms with Gasteiger partial charge in [-0.25, -0.2) is 9.89 Å². The maximum absolute atomic E-state index is 11.6. The molecule has 102 valence electrons. The first-order valence-corrected chi connectivity index (χ1v) is 6.19. The zero-order chi connectivity index (χ0) is 14.0. The van der Waals surface area contributed by atoms with Crippen LogP contribution in [0.2, 0.25) is 0 Å². The van der Waals surface area contributed by atoms with E-state index in [0.717, 1.165) is 5.56 Å². The molecule has 2 rings (SSSR count). The van der Waals surface area contributed by atoms with Crippen molar-refractivity contribution in [3.63, 3.8) is 0 Å². The number of aromatic nitrogens is 3. The lowest BCUT2D eigenvalue weighted by atomic mass is 10.1. The summed E-state index contributed by atoms with van der Waals surface area (Å²) >= 11 is 0. The van der Waals surface area contributed by atoms with Crippen LogP contribution in [-0.2, 0) is 6.42 Å². The molecule has 2 aromatic rings. The minimum Gasteiger partial charge on any atom is -0.508 e. The van der Waals surface area contributed by atoms with E-state index in [1.54, 1.807) is 28.8 Å². The van der Waals surface area contributed by atoms with Crippen molar-refractivity contribution in [3.8, 4) is 5.75 Å². The summed E-state index contributed by atoms with van der Waals surface area (Å²) in [5, 5.41) is 15.7. The molecule has 0 fully saturated rings. The van der Waals surface area contributed by atoms with Crippen LogP contribution in [0.4, 0.5) is 0 Å². The highest BCUT2D eigenvalue weighted by Gasteiger charge is 2.18. The number of phenolic OH excluding ortho intramolecular Hbond substituents is 1. The molecule has 0 amide bonds. The highest BCUT2D eigenvalue weighted by atomic mass is 16.3. The van der Waals surface area contributed by atoms with Gasteiger partial charge in [-0.05, 0) is 38.0 Å². The highest BCUT2D eigenvalue weighted by molar-refractivity contribution is 5.26. The molecule has 0 aliphatic heterocycles. The number of nitrogens with one attached hydrogen (secondary N) is 1. The minimum absolute atomic E-state index is 0.00659. The van der Waals surface area contributed by atoms with Crippen molar-refractivity contribution in [2.24, 2.45) is 5.73 Å². The molecule has 1 aromatic heterocycles. The third-order valence-electron chi connectivity index (χ3n) is 2.97. The first-order chi connectivity index (χ1) is 8.99. The average Bonchev–Trinajstić information content (AvgIpc) is 2.74. The molecule has 0 bridgehead atoms. The second kappa shape index (κ2) is 5.27. The van der Waals surface area contributed by atoms with Crippen LogP contribution < -0.4 is 11.4 Å². The zero-order valence-electron chi connectivity index (χ0n) is 11.0. The van der Waals surface area contributed by atoms with E-state index < -0.39 is 0 Å². The van der Waals surface area contributed by atoms with Gasteiger partial charge < -0.3 is 10.8 Å². The van der Waals surface area contributed by atoms with E-state index >= 15 is 0 Å². The van der Waals surface area contributed by atoms with Crippen LogP contribution in [0.1, 0.15) is 37.3 Å². The van der Waals surface area contributed by atoms with E-state index in [-0.39, 0.29) is 23.5 Å². The Morgan fingerprint density at radius 1 is 1.37 bits per heavy atom. The Morgan fingerprint density at radius 2 is 2.00 bits per heavy atom. The lowest BCUT2D eigenvalue weighted by Crippen LogP contribution is -2.25. The monoisotopic (exact) mass is 262 g/mol. The number of nitrogens with zero attached hydrogens (tertiary/aromatic N) is 2. The van der Waals surface area contributed by atoms with E-state index in [1.807, 2.05) is 13.8 Å². The number of aromatic hydroxyl groups is 1. The summed E-state index contributed by atoms with van der Waals surface area (Å²) in [6.07, 6.45) is 0.553. The maximum Gasteiger partial charge on any atom is 0.343 e. The Balaban J connectivity index is 2.23. The molecule has 19 heavy (non-hydrogen) atoms. The Morgan fingerprint density at radius 3 is 2.58 bits per heavy atom. The van der Waals surface area contributed by atoms with Gasteiger partial charge in [-0.15, -0.1) is 0 Å². The smallest absolute Gasteiger partial charge is 0.343 e. The third-order valence-corrected chi connectivity index (χ3v) is 2.97. The fourth-order valence-corrected chi connectivity index (χ4v) is 2.05. The molecule has 1 heterocycles. The fraction of sp³-hybridized carbons (Fsp3) is 0.385. The van der Waals surface area contributed by atoms with Gasteiger partial charge >= 0.3 is 5.69 Å². The predicted molar refractivity (Wildman–Crippen MR) is 72.0 cm³/mol. The number of aromatic amines is 1. The Labute approximate surface area is 110 Å². The van der Waals surface area contributed by atoms with Gasteiger partial charge in [-0.1, -0.05) is 12.1 Å². The predicted octanol–water partition coefficient (Wildman–Crippen LogP) is 1.10. The van der Waals surface area contributed by atoms with Crippen molar-refractivity contribution < 1.29 is 5.11 Å². The van der Waals surface area contributed by atoms with Crippen LogP contribution in [0, 0.1) is 0 Å². The molecule has 6 heteroatoms. The number of phenols is 1. The summed E-state index contributed by atoms with van der Waals surface area (Å²) in [5.74, 6) is 0.768. The topological polar surface area (TPSA) is 96.9 Å². The van der Waals surface area contributed by atoms with Crippen molar-refractivity contribution in [1.82, 2.24) is 14.8 Å². The molecule has 0 aliphatic rings. The van der Waals surface area contributed by atoms with E-state index in [9.17, 15) is 9.90 Å². The highest BCUT2D eigenvalue weighted by Crippen LogP contribution is 2.17. The summed E-state index contributed by atoms with van der Waals surface area (Å²) in [7, 11) is 0. The molecule has 0 saturated heterocycles. The Hall–Kier alpha value is -2.08. The summed E-state index contributed by atoms with van der Waals surface area (Å²) < 4.78 is 1.56. The molecule has 0 unspecified atom stereocenters. The third kappa shape index (κ3) is 2.85. The standard InChI is InChI=1S/C13H18N4O2/c1-8(2)17-12(15-16-13(17)19)11(14)7-9-3-5-10(18)6-4-9/h3-6,8,11,18H,7,14H2,1-2H3,(H,16,19)/t11-/m0/s1. The van der Waals surface area contributed by atoms with Gasteiger partial charge in [-0.2, -0.15) is 5.10 Å². The first-order valence-electron chi connectivity index (χ1n) is 6.19. The van der Waals surface area contributed by atoms with Gasteiger partial charge in [0.25, 0.3) is 0 Å². The van der Waals surface area contributed by atoms with Gasteiger partial charge in [0.15, 0.2) is 5.82 Å². The van der Waals surface area contributed by atoms with Crippen molar-refractivity contribution in [1.29, 1.82) is 0 Å². The largest absolute Gasteiger partial charge is 0.508 e. The van der Waals surface area contributed by atoms with E-state index in [4.69, 9.17) is 5.73 Å². The lowest BCUT2D eigenvalue weighted by molar-refractivity contribution is 0.474. The number of hydrogen-bond donors (Lipinski definition) is 3. The SMILES string of the molecule is CC(C)n1c([C@@H](N)Cc2ccc(O)cc2)n[nH]c1=O. The minimum atomic E-state index is -0.370. The number of benzene rings is 1. The molecular weight excluding hydrogens is 244 g/mol. The second-order valence-electron chi connectivity index (χ2n) is 4.83. The van der Waals surface area contributed by atoms with Crippen LogP contribution in [0.15, 0.2) is 29.1 Å². The second-order valence-corrected chi connectivity index (χ2v) is 4.83. The number of rotatable bonds is 4. The molecule has 0 radical (unpaired) electrons. The maximum atomic E-state index is 11.6. The van der Waals surface area contributed by atoms with E-state index in [0.29, 0.717) is 12.2 Å². The number of H-pyrrole nitrogens is 1. The van der Waals surface area contributed by atoms with Crippen LogP contribution >= 0.6 is 0 Å². The van der Waals surface area contributed by atoms with E-state index in [1.165, 1.54) is 0 Å². The Kier molecular flexibility index (Phi) is 3.71. The average molecular weight is 262 g/mol. The molecule has 0 saturated carbocycles. The molecular formula is C13H18N4O2. The van der Waals surface area contributed by atoms with Crippen molar-refractivity contribution in [2.45, 2.75) is 32.4 Å². The number of hydrogen-bond acceptors (Lipinski definition) is 4. The summed E-state index contributed by atoms with van der Waals surface area (Å²) in [6.45, 7) is 3.82. The molecule has 4 N–H and O–H groups in total. The Bertz CT molecular complexity index is 598. The first kappa shape index (κ1) is 13.4. The summed E-state index contributed by atoms with van der Waals surface area (Å²) in [5.41, 5.74) is 6.85. The fourth-order valence-electron chi connectivity index (χ4n) is 2.05. The zero-order valence-corrected chi connectivity index (χ0v) is 11.0. The molecule has 1 aromatic carbocycles. The van der Waals surface area contributed by atoms with Crippen LogP contribution in [0.3, 0.4) is 0 Å². The number of nitrogens with two attached hydrogens (primary N) is 1. The van der Waals surface area contributed by atoms with Crippen molar-refractivity contribution in [2.75, 3.05) is 0 Å². The van der Waals surface area contributed by atoms with Crippen molar-refractivity contribution >= 4 is 0 Å². The van der Waals surface area contributed by atoms with Gasteiger partial charge in [0.05, 0.1) is 6.04 Å². The molecule has 0 spiro atoms. The lowest BCUT2D eigenvalue weighted by Gasteiger charge is -2.14. The van der Waals surface area contributed by atoms with E-state index in [2.05, 4.69) is 10.2 Å². The van der Waals surface area contributed by atoms with Crippen LogP contribution in [-0.4, -0.2) is 19.9 Å². The van der Waals surface area contributed by atoms with Crippen LogP contribution in [0.5, 0.6) is 5.75 Å².